The molecule has 0 amide bonds. The van der Waals surface area contributed by atoms with Crippen molar-refractivity contribution >= 4 is 11.6 Å². The fourth-order valence-corrected chi connectivity index (χ4v) is 2.72. The molecule has 1 atom stereocenters. The lowest BCUT2D eigenvalue weighted by molar-refractivity contribution is 0.304. The molecule has 2 aromatic carbocycles. The molecule has 0 radical (unpaired) electrons. The average molecular weight is 318 g/mol. The minimum Gasteiger partial charge on any atom is -0.494 e. The number of hydrogen-bond donors (Lipinski definition) is 0. The lowest BCUT2D eigenvalue weighted by Gasteiger charge is -2.13. The Labute approximate surface area is 135 Å². The van der Waals surface area contributed by atoms with Crippen molar-refractivity contribution < 1.29 is 9.13 Å². The van der Waals surface area contributed by atoms with Crippen LogP contribution in [-0.4, -0.2) is 6.61 Å². The fourth-order valence-electron chi connectivity index (χ4n) is 2.43. The second-order valence-corrected chi connectivity index (χ2v) is 5.68. The molecule has 0 fully saturated rings. The molecule has 0 spiro atoms. The van der Waals surface area contributed by atoms with Gasteiger partial charge in [-0.3, -0.25) is 0 Å². The van der Waals surface area contributed by atoms with Gasteiger partial charge in [-0.15, -0.1) is 0 Å². The molecule has 22 heavy (non-hydrogen) atoms. The summed E-state index contributed by atoms with van der Waals surface area (Å²) in [6.45, 7) is 4.32. The Morgan fingerprint density at radius 2 is 1.91 bits per heavy atom. The highest BCUT2D eigenvalue weighted by Crippen LogP contribution is 2.29. The van der Waals surface area contributed by atoms with Crippen molar-refractivity contribution in [3.8, 4) is 11.8 Å². The maximum Gasteiger partial charge on any atom is 0.129 e. The van der Waals surface area contributed by atoms with Crippen LogP contribution in [0.1, 0.15) is 29.0 Å². The SMILES string of the molecule is Cc1cc(C)cc(OCCC(C#N)c2c(F)cccc2Cl)c1. The molecule has 2 nitrogen and oxygen atoms in total. The van der Waals surface area contributed by atoms with Crippen molar-refractivity contribution in [1.29, 1.82) is 5.26 Å². The predicted octanol–water partition coefficient (Wildman–Crippen LogP) is 5.17. The third-order valence-corrected chi connectivity index (χ3v) is 3.70. The van der Waals surface area contributed by atoms with Crippen LogP contribution >= 0.6 is 11.6 Å². The standard InChI is InChI=1S/C18H17ClFNO/c1-12-8-13(2)10-15(9-12)22-7-6-14(11-21)18-16(19)4-3-5-17(18)20/h3-5,8-10,14H,6-7H2,1-2H3. The molecule has 0 aromatic heterocycles. The molecule has 1 unspecified atom stereocenters. The Bertz CT molecular complexity index is 668. The summed E-state index contributed by atoms with van der Waals surface area (Å²) in [5.41, 5.74) is 2.48. The second-order valence-electron chi connectivity index (χ2n) is 5.28. The van der Waals surface area contributed by atoms with Crippen LogP contribution in [0.25, 0.3) is 0 Å². The van der Waals surface area contributed by atoms with Crippen LogP contribution in [0.5, 0.6) is 5.75 Å². The zero-order chi connectivity index (χ0) is 16.1. The molecule has 0 N–H and O–H groups in total. The summed E-state index contributed by atoms with van der Waals surface area (Å²) in [6.07, 6.45) is 0.379. The fraction of sp³-hybridized carbons (Fsp3) is 0.278. The summed E-state index contributed by atoms with van der Waals surface area (Å²) in [7, 11) is 0. The van der Waals surface area contributed by atoms with E-state index in [4.69, 9.17) is 16.3 Å². The molecule has 0 bridgehead atoms. The molecule has 114 valence electrons. The number of hydrogen-bond acceptors (Lipinski definition) is 2. The number of ether oxygens (including phenoxy) is 1. The maximum atomic E-state index is 13.9. The van der Waals surface area contributed by atoms with Crippen LogP contribution in [0.15, 0.2) is 36.4 Å². The molecule has 0 saturated heterocycles. The third kappa shape index (κ3) is 3.99. The largest absolute Gasteiger partial charge is 0.494 e. The van der Waals surface area contributed by atoms with Gasteiger partial charge in [-0.1, -0.05) is 23.7 Å². The van der Waals surface area contributed by atoms with E-state index >= 15 is 0 Å². The van der Waals surface area contributed by atoms with Gasteiger partial charge >= 0.3 is 0 Å². The van der Waals surface area contributed by atoms with E-state index in [1.807, 2.05) is 26.0 Å². The molecule has 0 heterocycles. The molecular formula is C18H17ClFNO. The Morgan fingerprint density at radius 1 is 1.23 bits per heavy atom. The van der Waals surface area contributed by atoms with Crippen molar-refractivity contribution in [3.05, 3.63) is 63.9 Å². The Kier molecular flexibility index (Phi) is 5.41. The van der Waals surface area contributed by atoms with Gasteiger partial charge in [0.05, 0.1) is 18.6 Å². The summed E-state index contributed by atoms with van der Waals surface area (Å²) in [6, 6.07) is 12.5. The van der Waals surface area contributed by atoms with E-state index in [2.05, 4.69) is 12.1 Å². The molecule has 2 aromatic rings. The topological polar surface area (TPSA) is 33.0 Å². The van der Waals surface area contributed by atoms with Crippen LogP contribution in [0.3, 0.4) is 0 Å². The summed E-state index contributed by atoms with van der Waals surface area (Å²) in [5.74, 6) is -0.320. The number of halogens is 2. The normalized spacial score (nSPS) is 11.8. The predicted molar refractivity (Wildman–Crippen MR) is 85.8 cm³/mol. The van der Waals surface area contributed by atoms with Gasteiger partial charge in [0.25, 0.3) is 0 Å². The van der Waals surface area contributed by atoms with Crippen molar-refractivity contribution in [3.63, 3.8) is 0 Å². The molecule has 0 saturated carbocycles. The van der Waals surface area contributed by atoms with Crippen molar-refractivity contribution in [2.75, 3.05) is 6.61 Å². The van der Waals surface area contributed by atoms with Gasteiger partial charge in [0.15, 0.2) is 0 Å². The number of nitriles is 1. The summed E-state index contributed by atoms with van der Waals surface area (Å²) >= 11 is 6.01. The molecule has 0 aliphatic heterocycles. The van der Waals surface area contributed by atoms with E-state index in [0.717, 1.165) is 16.9 Å². The zero-order valence-electron chi connectivity index (χ0n) is 12.6. The highest BCUT2D eigenvalue weighted by molar-refractivity contribution is 6.31. The van der Waals surface area contributed by atoms with E-state index in [-0.39, 0.29) is 10.6 Å². The molecule has 2 rings (SSSR count). The molecular weight excluding hydrogens is 301 g/mol. The first-order valence-electron chi connectivity index (χ1n) is 7.06. The van der Waals surface area contributed by atoms with Crippen molar-refractivity contribution in [2.24, 2.45) is 0 Å². The monoisotopic (exact) mass is 317 g/mol. The third-order valence-electron chi connectivity index (χ3n) is 3.37. The van der Waals surface area contributed by atoms with Crippen LogP contribution in [-0.2, 0) is 0 Å². The smallest absolute Gasteiger partial charge is 0.129 e. The lowest BCUT2D eigenvalue weighted by Crippen LogP contribution is -2.07. The summed E-state index contributed by atoms with van der Waals surface area (Å²) in [4.78, 5) is 0. The maximum absolute atomic E-state index is 13.9. The van der Waals surface area contributed by atoms with E-state index < -0.39 is 11.7 Å². The van der Waals surface area contributed by atoms with E-state index in [0.29, 0.717) is 13.0 Å². The van der Waals surface area contributed by atoms with Gasteiger partial charge in [-0.2, -0.15) is 5.26 Å². The van der Waals surface area contributed by atoms with Crippen LogP contribution in [0.2, 0.25) is 5.02 Å². The highest BCUT2D eigenvalue weighted by atomic mass is 35.5. The van der Waals surface area contributed by atoms with Crippen LogP contribution in [0, 0.1) is 31.0 Å². The van der Waals surface area contributed by atoms with E-state index in [1.54, 1.807) is 6.07 Å². The second kappa shape index (κ2) is 7.29. The van der Waals surface area contributed by atoms with E-state index in [9.17, 15) is 9.65 Å². The minimum absolute atomic E-state index is 0.246. The Balaban J connectivity index is 2.05. The van der Waals surface area contributed by atoms with Crippen LogP contribution in [0.4, 0.5) is 4.39 Å². The Morgan fingerprint density at radius 3 is 2.50 bits per heavy atom. The molecule has 4 heteroatoms. The number of nitrogens with zero attached hydrogens (tertiary/aromatic N) is 1. The quantitative estimate of drug-likeness (QED) is 0.762. The van der Waals surface area contributed by atoms with Gasteiger partial charge in [-0.05, 0) is 49.2 Å². The molecule has 0 aliphatic rings. The first-order valence-corrected chi connectivity index (χ1v) is 7.43. The van der Waals surface area contributed by atoms with Gasteiger partial charge in [-0.25, -0.2) is 4.39 Å². The van der Waals surface area contributed by atoms with Crippen molar-refractivity contribution in [1.82, 2.24) is 0 Å². The first-order chi connectivity index (χ1) is 10.5. The van der Waals surface area contributed by atoms with Gasteiger partial charge in [0.2, 0.25) is 0 Å². The van der Waals surface area contributed by atoms with Crippen LogP contribution < -0.4 is 4.74 Å². The zero-order valence-corrected chi connectivity index (χ0v) is 13.3. The first kappa shape index (κ1) is 16.3. The number of benzene rings is 2. The van der Waals surface area contributed by atoms with Gasteiger partial charge in [0.1, 0.15) is 11.6 Å². The molecule has 0 aliphatic carbocycles. The minimum atomic E-state index is -0.625. The number of rotatable bonds is 5. The highest BCUT2D eigenvalue weighted by Gasteiger charge is 2.18. The summed E-state index contributed by atoms with van der Waals surface area (Å²) < 4.78 is 19.6. The van der Waals surface area contributed by atoms with Crippen molar-refractivity contribution in [2.45, 2.75) is 26.2 Å². The van der Waals surface area contributed by atoms with E-state index in [1.165, 1.54) is 12.1 Å². The average Bonchev–Trinajstić information content (AvgIpc) is 2.44. The Hall–Kier alpha value is -2.05. The number of aryl methyl sites for hydroxylation is 2. The van der Waals surface area contributed by atoms with Gasteiger partial charge in [0, 0.05) is 17.0 Å². The summed E-state index contributed by atoms with van der Waals surface area (Å²) in [5, 5.41) is 9.56. The lowest BCUT2D eigenvalue weighted by atomic mass is 9.97. The van der Waals surface area contributed by atoms with Gasteiger partial charge < -0.3 is 4.74 Å².